The average molecular weight is 97.2 g/mol. The van der Waals surface area contributed by atoms with E-state index < -0.39 is 0 Å². The van der Waals surface area contributed by atoms with Gasteiger partial charge in [-0.3, -0.25) is 0 Å². The first-order valence-corrected chi connectivity index (χ1v) is 2.50. The number of hydrogen-bond acceptors (Lipinski definition) is 1. The molecular weight excluding hydrogens is 86.1 g/mol. The molecule has 0 aromatic heterocycles. The summed E-state index contributed by atoms with van der Waals surface area (Å²) < 4.78 is 0. The van der Waals surface area contributed by atoms with E-state index in [9.17, 15) is 0 Å². The lowest BCUT2D eigenvalue weighted by molar-refractivity contribution is 0.843. The Hall–Kier alpha value is -0.550. The quantitative estimate of drug-likeness (QED) is 0.441. The summed E-state index contributed by atoms with van der Waals surface area (Å²) in [5.41, 5.74) is 0. The van der Waals surface area contributed by atoms with E-state index in [-0.39, 0.29) is 0 Å². The van der Waals surface area contributed by atoms with Crippen LogP contribution in [0.5, 0.6) is 0 Å². The topological polar surface area (TPSA) is 12.4 Å². The Morgan fingerprint density at radius 1 is 1.57 bits per heavy atom. The average Bonchev–Trinajstić information content (AvgIpc) is 1.61. The molecule has 0 radical (unpaired) electrons. The Bertz CT molecular complexity index is 86.4. The lowest BCUT2D eigenvalue weighted by Crippen LogP contribution is -1.84. The minimum atomic E-state index is 0.385. The molecule has 40 valence electrons. The molecule has 1 heteroatoms. The van der Waals surface area contributed by atoms with Crippen LogP contribution in [0.25, 0.3) is 0 Å². The first-order chi connectivity index (χ1) is 3.27. The molecule has 0 aliphatic rings. The van der Waals surface area contributed by atoms with Gasteiger partial charge in [0.05, 0.1) is 6.04 Å². The van der Waals surface area contributed by atoms with E-state index in [1.54, 1.807) is 6.08 Å². The first-order valence-electron chi connectivity index (χ1n) is 2.50. The van der Waals surface area contributed by atoms with Gasteiger partial charge in [0.2, 0.25) is 0 Å². The van der Waals surface area contributed by atoms with E-state index in [0.29, 0.717) is 6.04 Å². The predicted octanol–water partition coefficient (Wildman–Crippen LogP) is 1.64. The van der Waals surface area contributed by atoms with Gasteiger partial charge in [-0.2, -0.15) is 0 Å². The molecule has 0 aliphatic heterocycles. The van der Waals surface area contributed by atoms with Gasteiger partial charge < -0.3 is 0 Å². The summed E-state index contributed by atoms with van der Waals surface area (Å²) in [5.74, 6) is 2.75. The highest BCUT2D eigenvalue weighted by molar-refractivity contribution is 5.50. The molecule has 0 N–H and O–H groups in total. The van der Waals surface area contributed by atoms with Gasteiger partial charge in [-0.15, -0.1) is 0 Å². The second kappa shape index (κ2) is 3.63. The molecule has 0 aliphatic carbocycles. The summed E-state index contributed by atoms with van der Waals surface area (Å²) in [6.07, 6.45) is 1.81. The van der Waals surface area contributed by atoms with E-state index >= 15 is 0 Å². The summed E-state index contributed by atoms with van der Waals surface area (Å²) in [5, 5.41) is 0. The second-order valence-electron chi connectivity index (χ2n) is 1.64. The van der Waals surface area contributed by atoms with E-state index in [0.717, 1.165) is 0 Å². The monoisotopic (exact) mass is 97.1 g/mol. The Morgan fingerprint density at radius 2 is 2.14 bits per heavy atom. The van der Waals surface area contributed by atoms with Gasteiger partial charge in [-0.25, -0.2) is 4.99 Å². The van der Waals surface area contributed by atoms with Crippen LogP contribution in [0.2, 0.25) is 0 Å². The van der Waals surface area contributed by atoms with Crippen molar-refractivity contribution in [3.8, 4) is 0 Å². The molecule has 0 aromatic carbocycles. The molecule has 0 fully saturated rings. The van der Waals surface area contributed by atoms with Crippen LogP contribution in [0, 0.1) is 0 Å². The van der Waals surface area contributed by atoms with Crippen LogP contribution in [0.1, 0.15) is 20.8 Å². The van der Waals surface area contributed by atoms with Crippen molar-refractivity contribution >= 4 is 5.87 Å². The third-order valence-electron chi connectivity index (χ3n) is 0.462. The fraction of sp³-hybridized carbons (Fsp3) is 0.667. The molecule has 0 unspecified atom stereocenters. The highest BCUT2D eigenvalue weighted by atomic mass is 14.7. The largest absolute Gasteiger partial charge is 0.241 e. The predicted molar refractivity (Wildman–Crippen MR) is 32.8 cm³/mol. The van der Waals surface area contributed by atoms with Crippen LogP contribution in [0.4, 0.5) is 0 Å². The lowest BCUT2D eigenvalue weighted by Gasteiger charge is -1.85. The van der Waals surface area contributed by atoms with Crippen LogP contribution in [-0.4, -0.2) is 11.9 Å². The van der Waals surface area contributed by atoms with Crippen LogP contribution >= 0.6 is 0 Å². The smallest absolute Gasteiger partial charge is 0.0537 e. The third-order valence-corrected chi connectivity index (χ3v) is 0.462. The molecule has 0 bridgehead atoms. The Labute approximate surface area is 44.8 Å². The van der Waals surface area contributed by atoms with Crippen molar-refractivity contribution in [1.29, 1.82) is 0 Å². The van der Waals surface area contributed by atoms with E-state index in [2.05, 4.69) is 10.9 Å². The van der Waals surface area contributed by atoms with Gasteiger partial charge in [0, 0.05) is 0 Å². The Kier molecular flexibility index (Phi) is 3.35. The number of rotatable bonds is 1. The zero-order chi connectivity index (χ0) is 5.70. The van der Waals surface area contributed by atoms with E-state index in [4.69, 9.17) is 0 Å². The minimum absolute atomic E-state index is 0.385. The van der Waals surface area contributed by atoms with Crippen LogP contribution in [0.3, 0.4) is 0 Å². The molecule has 0 amide bonds. The van der Waals surface area contributed by atoms with E-state index in [1.807, 2.05) is 20.8 Å². The van der Waals surface area contributed by atoms with E-state index in [1.165, 1.54) is 0 Å². The van der Waals surface area contributed by atoms with Crippen molar-refractivity contribution in [1.82, 2.24) is 0 Å². The zero-order valence-electron chi connectivity index (χ0n) is 5.10. The summed E-state index contributed by atoms with van der Waals surface area (Å²) in [6.45, 7) is 5.96. The highest BCUT2D eigenvalue weighted by Crippen LogP contribution is 1.79. The third kappa shape index (κ3) is 5.45. The van der Waals surface area contributed by atoms with Crippen molar-refractivity contribution < 1.29 is 0 Å². The minimum Gasteiger partial charge on any atom is -0.241 e. The molecule has 0 atom stereocenters. The molecule has 0 aromatic rings. The Balaban J connectivity index is 3.46. The number of hydrogen-bond donors (Lipinski definition) is 0. The van der Waals surface area contributed by atoms with Crippen LogP contribution < -0.4 is 0 Å². The van der Waals surface area contributed by atoms with Gasteiger partial charge >= 0.3 is 0 Å². The second-order valence-corrected chi connectivity index (χ2v) is 1.64. The first kappa shape index (κ1) is 6.45. The molecule has 0 saturated carbocycles. The summed E-state index contributed by atoms with van der Waals surface area (Å²) in [4.78, 5) is 3.94. The molecular formula is C6H11N. The number of nitrogens with zero attached hydrogens (tertiary/aromatic N) is 1. The van der Waals surface area contributed by atoms with Crippen molar-refractivity contribution in [3.63, 3.8) is 0 Å². The van der Waals surface area contributed by atoms with Gasteiger partial charge in [-0.1, -0.05) is 0 Å². The normalized spacial score (nSPS) is 8.00. The van der Waals surface area contributed by atoms with Crippen molar-refractivity contribution in [2.45, 2.75) is 26.8 Å². The molecule has 7 heavy (non-hydrogen) atoms. The number of allylic oxidation sites excluding steroid dienone is 1. The molecule has 0 heterocycles. The fourth-order valence-corrected chi connectivity index (χ4v) is 0.224. The van der Waals surface area contributed by atoms with Crippen molar-refractivity contribution in [2.24, 2.45) is 4.99 Å². The maximum atomic E-state index is 3.94. The number of aliphatic imine (C=N–C) groups is 1. The SMILES string of the molecule is CC=C=NC(C)C. The van der Waals surface area contributed by atoms with Crippen molar-refractivity contribution in [3.05, 3.63) is 6.08 Å². The summed E-state index contributed by atoms with van der Waals surface area (Å²) in [6, 6.07) is 0.385. The van der Waals surface area contributed by atoms with Gasteiger partial charge in [0.15, 0.2) is 0 Å². The van der Waals surface area contributed by atoms with Gasteiger partial charge in [0.25, 0.3) is 0 Å². The van der Waals surface area contributed by atoms with Gasteiger partial charge in [0.1, 0.15) is 0 Å². The molecule has 0 rings (SSSR count). The maximum absolute atomic E-state index is 3.94. The fourth-order valence-electron chi connectivity index (χ4n) is 0.224. The zero-order valence-corrected chi connectivity index (χ0v) is 5.10. The molecule has 0 saturated heterocycles. The molecule has 1 nitrogen and oxygen atoms in total. The highest BCUT2D eigenvalue weighted by Gasteiger charge is 1.77. The van der Waals surface area contributed by atoms with Crippen LogP contribution in [0.15, 0.2) is 11.1 Å². The molecule has 0 spiro atoms. The maximum Gasteiger partial charge on any atom is 0.0537 e. The lowest BCUT2D eigenvalue weighted by atomic mass is 10.4. The summed E-state index contributed by atoms with van der Waals surface area (Å²) in [7, 11) is 0. The Morgan fingerprint density at radius 3 is 2.29 bits per heavy atom. The van der Waals surface area contributed by atoms with Crippen molar-refractivity contribution in [2.75, 3.05) is 0 Å². The summed E-state index contributed by atoms with van der Waals surface area (Å²) >= 11 is 0. The standard InChI is InChI=1S/C6H11N/c1-4-5-7-6(2)3/h4,6H,1-3H3. The van der Waals surface area contributed by atoms with Gasteiger partial charge in [-0.05, 0) is 32.7 Å². The van der Waals surface area contributed by atoms with Crippen LogP contribution in [-0.2, 0) is 0 Å².